The summed E-state index contributed by atoms with van der Waals surface area (Å²) in [6.07, 6.45) is 10.4. The van der Waals surface area contributed by atoms with Crippen LogP contribution in [0.1, 0.15) is 45.5 Å². The summed E-state index contributed by atoms with van der Waals surface area (Å²) < 4.78 is 0. The molecule has 0 saturated carbocycles. The van der Waals surface area contributed by atoms with Crippen molar-refractivity contribution in [2.45, 2.75) is 25.7 Å². The fourth-order valence-electron chi connectivity index (χ4n) is 4.00. The number of amides is 2. The molecule has 1 aliphatic heterocycles. The number of imidazole rings is 2. The summed E-state index contributed by atoms with van der Waals surface area (Å²) in [6, 6.07) is 11.1. The van der Waals surface area contributed by atoms with Crippen LogP contribution in [-0.2, 0) is 6.42 Å². The zero-order chi connectivity index (χ0) is 21.9. The number of hydrogen-bond donors (Lipinski definition) is 2. The number of aromatic amines is 2. The maximum absolute atomic E-state index is 12.5. The highest BCUT2D eigenvalue weighted by Gasteiger charge is 2.34. The van der Waals surface area contributed by atoms with Crippen LogP contribution in [0.25, 0.3) is 23.0 Å². The first-order valence-corrected chi connectivity index (χ1v) is 10.7. The summed E-state index contributed by atoms with van der Waals surface area (Å²) in [7, 11) is 0. The molecule has 1 aliphatic rings. The molecular weight excluding hydrogens is 404 g/mol. The zero-order valence-electron chi connectivity index (χ0n) is 17.4. The smallest absolute Gasteiger partial charge is 0.261 e. The Balaban J connectivity index is 1.21. The Morgan fingerprint density at radius 3 is 1.91 bits per heavy atom. The van der Waals surface area contributed by atoms with E-state index in [1.165, 1.54) is 4.90 Å². The van der Waals surface area contributed by atoms with Gasteiger partial charge in [-0.2, -0.15) is 0 Å². The number of unbranched alkanes of at least 4 members (excludes halogenated alkanes) is 2. The molecule has 0 saturated heterocycles. The van der Waals surface area contributed by atoms with Crippen molar-refractivity contribution < 1.29 is 9.59 Å². The first kappa shape index (κ1) is 19.9. The van der Waals surface area contributed by atoms with Crippen LogP contribution < -0.4 is 0 Å². The van der Waals surface area contributed by atoms with E-state index in [4.69, 9.17) is 0 Å². The molecule has 0 spiro atoms. The maximum atomic E-state index is 12.5. The first-order chi connectivity index (χ1) is 15.7. The van der Waals surface area contributed by atoms with Gasteiger partial charge in [-0.15, -0.1) is 0 Å². The van der Waals surface area contributed by atoms with E-state index in [2.05, 4.69) is 24.9 Å². The van der Waals surface area contributed by atoms with Crippen LogP contribution in [0.15, 0.2) is 61.2 Å². The van der Waals surface area contributed by atoms with Crippen molar-refractivity contribution in [2.24, 2.45) is 0 Å². The Labute approximate surface area is 184 Å². The number of fused-ring (bicyclic) bond motifs is 1. The van der Waals surface area contributed by atoms with Crippen molar-refractivity contribution in [3.63, 3.8) is 0 Å². The third kappa shape index (κ3) is 3.82. The highest BCUT2D eigenvalue weighted by atomic mass is 16.2. The monoisotopic (exact) mass is 426 g/mol. The first-order valence-electron chi connectivity index (χ1n) is 10.7. The number of carbonyl (C=O) groups excluding carboxylic acids is 2. The second-order valence-electron chi connectivity index (χ2n) is 7.74. The molecule has 160 valence electrons. The second-order valence-corrected chi connectivity index (χ2v) is 7.74. The lowest BCUT2D eigenvalue weighted by Gasteiger charge is -2.13. The Kier molecular flexibility index (Phi) is 5.33. The molecule has 4 aromatic rings. The maximum Gasteiger partial charge on any atom is 0.261 e. The van der Waals surface area contributed by atoms with Gasteiger partial charge in [0, 0.05) is 31.3 Å². The molecule has 8 heteroatoms. The summed E-state index contributed by atoms with van der Waals surface area (Å²) in [5.74, 6) is 1.05. The minimum absolute atomic E-state index is 0.189. The molecule has 0 fully saturated rings. The van der Waals surface area contributed by atoms with Gasteiger partial charge in [0.05, 0.1) is 11.1 Å². The molecule has 3 aromatic heterocycles. The van der Waals surface area contributed by atoms with Gasteiger partial charge in [0.1, 0.15) is 11.4 Å². The largest absolute Gasteiger partial charge is 0.343 e. The third-order valence-corrected chi connectivity index (χ3v) is 5.59. The SMILES string of the molecule is O=C1c2ccccc2C(=O)N1CCCCCc1cc(-c2ncc[nH]2)nc(-c2ncc[nH]2)c1. The van der Waals surface area contributed by atoms with E-state index in [1.807, 2.05) is 12.1 Å². The van der Waals surface area contributed by atoms with E-state index in [1.54, 1.807) is 49.1 Å². The fraction of sp³-hybridized carbons (Fsp3) is 0.208. The number of rotatable bonds is 8. The number of aromatic nitrogens is 5. The molecule has 0 radical (unpaired) electrons. The predicted molar refractivity (Wildman–Crippen MR) is 119 cm³/mol. The summed E-state index contributed by atoms with van der Waals surface area (Å²) >= 11 is 0. The molecule has 0 unspecified atom stereocenters. The molecule has 2 N–H and O–H groups in total. The Morgan fingerprint density at radius 1 is 0.781 bits per heavy atom. The topological polar surface area (TPSA) is 108 Å². The Hall–Kier alpha value is -4.07. The normalized spacial score (nSPS) is 13.1. The number of aryl methyl sites for hydroxylation is 1. The quantitative estimate of drug-likeness (QED) is 0.328. The van der Waals surface area contributed by atoms with Gasteiger partial charge in [0.15, 0.2) is 11.6 Å². The number of pyridine rings is 1. The lowest BCUT2D eigenvalue weighted by molar-refractivity contribution is 0.0651. The lowest BCUT2D eigenvalue weighted by atomic mass is 10.1. The van der Waals surface area contributed by atoms with Crippen molar-refractivity contribution in [3.8, 4) is 23.0 Å². The van der Waals surface area contributed by atoms with Gasteiger partial charge in [-0.1, -0.05) is 18.6 Å². The van der Waals surface area contributed by atoms with Crippen molar-refractivity contribution in [1.82, 2.24) is 29.8 Å². The van der Waals surface area contributed by atoms with Crippen LogP contribution in [0.3, 0.4) is 0 Å². The van der Waals surface area contributed by atoms with Crippen molar-refractivity contribution in [3.05, 3.63) is 77.9 Å². The summed E-state index contributed by atoms with van der Waals surface area (Å²) in [5, 5.41) is 0. The molecule has 0 aliphatic carbocycles. The highest BCUT2D eigenvalue weighted by Crippen LogP contribution is 2.24. The summed E-state index contributed by atoms with van der Waals surface area (Å²) in [4.78, 5) is 45.8. The number of H-pyrrole nitrogens is 2. The molecule has 1 aromatic carbocycles. The van der Waals surface area contributed by atoms with Gasteiger partial charge in [0.25, 0.3) is 11.8 Å². The molecule has 2 amide bonds. The number of carbonyl (C=O) groups is 2. The van der Waals surface area contributed by atoms with Crippen molar-refractivity contribution >= 4 is 11.8 Å². The number of hydrogen-bond acceptors (Lipinski definition) is 5. The molecule has 8 nitrogen and oxygen atoms in total. The standard InChI is InChI=1S/C24H22N6O2/c31-23-17-7-3-4-8-18(17)24(32)30(23)13-5-1-2-6-16-14-19(21-25-9-10-26-21)29-20(15-16)22-27-11-12-28-22/h3-4,7-12,14-15H,1-2,5-6,13H2,(H,25,26)(H,27,28). The van der Waals surface area contributed by atoms with Gasteiger partial charge in [-0.05, 0) is 49.1 Å². The van der Waals surface area contributed by atoms with Gasteiger partial charge in [0.2, 0.25) is 0 Å². The van der Waals surface area contributed by atoms with Crippen LogP contribution in [0.2, 0.25) is 0 Å². The molecule has 0 bridgehead atoms. The van der Waals surface area contributed by atoms with E-state index in [0.717, 1.165) is 42.6 Å². The molecular formula is C24H22N6O2. The second kappa shape index (κ2) is 8.58. The lowest BCUT2D eigenvalue weighted by Crippen LogP contribution is -2.30. The fourth-order valence-corrected chi connectivity index (χ4v) is 4.00. The predicted octanol–water partition coefficient (Wildman–Crippen LogP) is 3.87. The minimum atomic E-state index is -0.189. The number of nitrogens with one attached hydrogen (secondary N) is 2. The average molecular weight is 426 g/mol. The van der Waals surface area contributed by atoms with E-state index in [9.17, 15) is 9.59 Å². The van der Waals surface area contributed by atoms with Crippen LogP contribution in [-0.4, -0.2) is 48.2 Å². The van der Waals surface area contributed by atoms with Crippen molar-refractivity contribution in [2.75, 3.05) is 6.54 Å². The minimum Gasteiger partial charge on any atom is -0.343 e. The van der Waals surface area contributed by atoms with Crippen molar-refractivity contribution in [1.29, 1.82) is 0 Å². The van der Waals surface area contributed by atoms with E-state index < -0.39 is 0 Å². The highest BCUT2D eigenvalue weighted by molar-refractivity contribution is 6.21. The van der Waals surface area contributed by atoms with E-state index in [0.29, 0.717) is 29.3 Å². The Bertz CT molecular complexity index is 1160. The molecule has 0 atom stereocenters. The van der Waals surface area contributed by atoms with Crippen LogP contribution in [0.5, 0.6) is 0 Å². The summed E-state index contributed by atoms with van der Waals surface area (Å²) in [5.41, 5.74) is 3.68. The Morgan fingerprint density at radius 2 is 1.38 bits per heavy atom. The van der Waals surface area contributed by atoms with E-state index >= 15 is 0 Å². The van der Waals surface area contributed by atoms with E-state index in [-0.39, 0.29) is 11.8 Å². The van der Waals surface area contributed by atoms with Crippen LogP contribution in [0, 0.1) is 0 Å². The van der Waals surface area contributed by atoms with Gasteiger partial charge in [-0.25, -0.2) is 15.0 Å². The van der Waals surface area contributed by atoms with Gasteiger partial charge < -0.3 is 9.97 Å². The van der Waals surface area contributed by atoms with Gasteiger partial charge in [-0.3, -0.25) is 14.5 Å². The molecule has 5 rings (SSSR count). The summed E-state index contributed by atoms with van der Waals surface area (Å²) in [6.45, 7) is 0.442. The third-order valence-electron chi connectivity index (χ3n) is 5.59. The van der Waals surface area contributed by atoms with Crippen LogP contribution in [0.4, 0.5) is 0 Å². The van der Waals surface area contributed by atoms with Crippen LogP contribution >= 0.6 is 0 Å². The molecule has 4 heterocycles. The number of imide groups is 1. The zero-order valence-corrected chi connectivity index (χ0v) is 17.4. The number of benzene rings is 1. The van der Waals surface area contributed by atoms with Gasteiger partial charge >= 0.3 is 0 Å². The number of nitrogens with zero attached hydrogens (tertiary/aromatic N) is 4. The average Bonchev–Trinajstić information content (AvgIpc) is 3.58. The molecule has 32 heavy (non-hydrogen) atoms.